The molecule has 0 fully saturated rings. The summed E-state index contributed by atoms with van der Waals surface area (Å²) in [5.41, 5.74) is 2.25. The van der Waals surface area contributed by atoms with Gasteiger partial charge in [0.25, 0.3) is 0 Å². The van der Waals surface area contributed by atoms with Gasteiger partial charge in [0.2, 0.25) is 0 Å². The highest BCUT2D eigenvalue weighted by molar-refractivity contribution is 5.99. The summed E-state index contributed by atoms with van der Waals surface area (Å²) in [5, 5.41) is 0. The van der Waals surface area contributed by atoms with Gasteiger partial charge in [-0.3, -0.25) is 4.79 Å². The van der Waals surface area contributed by atoms with Crippen molar-refractivity contribution in [3.8, 4) is 11.5 Å². The minimum absolute atomic E-state index is 0.0272. The molecular formula is C20H17F3O3. The Morgan fingerprint density at radius 1 is 1.00 bits per heavy atom. The minimum Gasteiger partial charge on any atom is -0.497 e. The fourth-order valence-corrected chi connectivity index (χ4v) is 3.10. The smallest absolute Gasteiger partial charge is 0.497 e. The van der Waals surface area contributed by atoms with Gasteiger partial charge < -0.3 is 9.47 Å². The molecule has 0 unspecified atom stereocenters. The lowest BCUT2D eigenvalue weighted by atomic mass is 9.81. The molecule has 0 bridgehead atoms. The van der Waals surface area contributed by atoms with Crippen molar-refractivity contribution in [2.24, 2.45) is 0 Å². The number of allylic oxidation sites excluding steroid dienone is 2. The highest BCUT2D eigenvalue weighted by Crippen LogP contribution is 2.37. The number of alkyl halides is 3. The van der Waals surface area contributed by atoms with Crippen molar-refractivity contribution in [2.45, 2.75) is 25.1 Å². The lowest BCUT2D eigenvalue weighted by molar-refractivity contribution is -0.274. The number of benzene rings is 2. The molecule has 0 radical (unpaired) electrons. The van der Waals surface area contributed by atoms with E-state index in [4.69, 9.17) is 4.74 Å². The van der Waals surface area contributed by atoms with Gasteiger partial charge >= 0.3 is 6.36 Å². The molecule has 0 aromatic heterocycles. The van der Waals surface area contributed by atoms with E-state index in [0.717, 1.165) is 11.3 Å². The summed E-state index contributed by atoms with van der Waals surface area (Å²) in [5.74, 6) is 0.355. The molecule has 0 heterocycles. The van der Waals surface area contributed by atoms with Crippen LogP contribution < -0.4 is 9.47 Å². The molecule has 1 aliphatic rings. The Bertz CT molecular complexity index is 823. The van der Waals surface area contributed by atoms with E-state index in [1.54, 1.807) is 13.2 Å². The average molecular weight is 362 g/mol. The Morgan fingerprint density at radius 3 is 2.38 bits per heavy atom. The Morgan fingerprint density at radius 2 is 1.73 bits per heavy atom. The topological polar surface area (TPSA) is 35.5 Å². The molecule has 3 rings (SSSR count). The monoisotopic (exact) mass is 362 g/mol. The molecule has 0 spiro atoms. The van der Waals surface area contributed by atoms with Crippen LogP contribution in [0.15, 0.2) is 54.6 Å². The number of ether oxygens (including phenoxy) is 2. The summed E-state index contributed by atoms with van der Waals surface area (Å²) < 4.78 is 46.4. The number of carbonyl (C=O) groups is 1. The van der Waals surface area contributed by atoms with E-state index in [-0.39, 0.29) is 17.5 Å². The zero-order chi connectivity index (χ0) is 18.7. The minimum atomic E-state index is -4.75. The van der Waals surface area contributed by atoms with E-state index in [9.17, 15) is 18.0 Å². The third kappa shape index (κ3) is 4.45. The SMILES string of the molecule is COc1ccc([C@H]2CC(=O)C=C(c3cccc(OC(F)(F)F)c3)C2)cc1. The molecule has 26 heavy (non-hydrogen) atoms. The second-order valence-electron chi connectivity index (χ2n) is 6.09. The van der Waals surface area contributed by atoms with Gasteiger partial charge in [-0.25, -0.2) is 0 Å². The molecule has 3 nitrogen and oxygen atoms in total. The number of halogens is 3. The van der Waals surface area contributed by atoms with Crippen molar-refractivity contribution in [1.29, 1.82) is 0 Å². The maximum Gasteiger partial charge on any atom is 0.573 e. The van der Waals surface area contributed by atoms with Gasteiger partial charge in [-0.2, -0.15) is 0 Å². The van der Waals surface area contributed by atoms with Crippen molar-refractivity contribution in [3.63, 3.8) is 0 Å². The third-order valence-corrected chi connectivity index (χ3v) is 4.27. The maximum absolute atomic E-state index is 12.4. The van der Waals surface area contributed by atoms with Crippen molar-refractivity contribution in [1.82, 2.24) is 0 Å². The summed E-state index contributed by atoms with van der Waals surface area (Å²) >= 11 is 0. The molecule has 0 amide bonds. The number of ketones is 1. The predicted octanol–water partition coefficient (Wildman–Crippen LogP) is 5.12. The fraction of sp³-hybridized carbons (Fsp3) is 0.250. The number of carbonyl (C=O) groups excluding carboxylic acids is 1. The van der Waals surface area contributed by atoms with Gasteiger partial charge in [-0.15, -0.1) is 13.2 Å². The number of hydrogen-bond acceptors (Lipinski definition) is 3. The van der Waals surface area contributed by atoms with Crippen LogP contribution in [0.1, 0.15) is 29.9 Å². The van der Waals surface area contributed by atoms with Crippen molar-refractivity contribution >= 4 is 11.4 Å². The van der Waals surface area contributed by atoms with E-state index in [0.29, 0.717) is 24.0 Å². The molecule has 2 aromatic rings. The highest BCUT2D eigenvalue weighted by atomic mass is 19.4. The Hall–Kier alpha value is -2.76. The molecule has 136 valence electrons. The summed E-state index contributed by atoms with van der Waals surface area (Å²) in [7, 11) is 1.58. The average Bonchev–Trinajstić information content (AvgIpc) is 2.60. The first-order chi connectivity index (χ1) is 12.3. The second kappa shape index (κ2) is 7.23. The van der Waals surface area contributed by atoms with Crippen LogP contribution in [0.25, 0.3) is 5.57 Å². The molecule has 0 aliphatic heterocycles. The van der Waals surface area contributed by atoms with Gasteiger partial charge in [0.05, 0.1) is 7.11 Å². The molecule has 2 aromatic carbocycles. The molecule has 0 saturated heterocycles. The van der Waals surface area contributed by atoms with E-state index in [1.165, 1.54) is 24.3 Å². The molecular weight excluding hydrogens is 345 g/mol. The van der Waals surface area contributed by atoms with Crippen molar-refractivity contribution < 1.29 is 27.4 Å². The molecule has 0 saturated carbocycles. The standard InChI is InChI=1S/C20H17F3O3/c1-25-18-7-5-13(6-8-18)15-9-16(11-17(24)10-15)14-3-2-4-19(12-14)26-20(21,22)23/h2-8,11-12,15H,9-10H2,1H3/t15-/m1/s1. The Balaban J connectivity index is 1.83. The van der Waals surface area contributed by atoms with E-state index in [2.05, 4.69) is 4.74 Å². The van der Waals surface area contributed by atoms with Crippen LogP contribution >= 0.6 is 0 Å². The summed E-state index contributed by atoms with van der Waals surface area (Å²) in [4.78, 5) is 12.2. The molecule has 1 aliphatic carbocycles. The Kier molecular flexibility index (Phi) is 5.02. The zero-order valence-corrected chi connectivity index (χ0v) is 14.0. The van der Waals surface area contributed by atoms with Gasteiger partial charge in [0.1, 0.15) is 11.5 Å². The van der Waals surface area contributed by atoms with Crippen LogP contribution in [-0.4, -0.2) is 19.3 Å². The molecule has 1 atom stereocenters. The maximum atomic E-state index is 12.4. The van der Waals surface area contributed by atoms with E-state index in [1.807, 2.05) is 24.3 Å². The number of methoxy groups -OCH3 is 1. The van der Waals surface area contributed by atoms with Crippen LogP contribution in [0.2, 0.25) is 0 Å². The summed E-state index contributed by atoms with van der Waals surface area (Å²) in [6.07, 6.45) is -2.31. The lowest BCUT2D eigenvalue weighted by Crippen LogP contribution is -2.17. The van der Waals surface area contributed by atoms with Crippen molar-refractivity contribution in [3.05, 3.63) is 65.7 Å². The van der Waals surface area contributed by atoms with Crippen LogP contribution in [-0.2, 0) is 4.79 Å². The summed E-state index contributed by atoms with van der Waals surface area (Å²) in [6, 6.07) is 13.2. The first kappa shape index (κ1) is 18.0. The second-order valence-corrected chi connectivity index (χ2v) is 6.09. The molecule has 0 N–H and O–H groups in total. The number of rotatable bonds is 4. The van der Waals surface area contributed by atoms with Crippen LogP contribution in [0.4, 0.5) is 13.2 Å². The van der Waals surface area contributed by atoms with Gasteiger partial charge in [-0.05, 0) is 59.4 Å². The van der Waals surface area contributed by atoms with Crippen LogP contribution in [0.5, 0.6) is 11.5 Å². The van der Waals surface area contributed by atoms with Gasteiger partial charge in [0, 0.05) is 6.42 Å². The van der Waals surface area contributed by atoms with Crippen LogP contribution in [0.3, 0.4) is 0 Å². The van der Waals surface area contributed by atoms with E-state index >= 15 is 0 Å². The van der Waals surface area contributed by atoms with E-state index < -0.39 is 6.36 Å². The fourth-order valence-electron chi connectivity index (χ4n) is 3.10. The highest BCUT2D eigenvalue weighted by Gasteiger charge is 2.31. The molecule has 6 heteroatoms. The summed E-state index contributed by atoms with van der Waals surface area (Å²) in [6.45, 7) is 0. The lowest BCUT2D eigenvalue weighted by Gasteiger charge is -2.23. The first-order valence-electron chi connectivity index (χ1n) is 8.07. The van der Waals surface area contributed by atoms with Gasteiger partial charge in [-0.1, -0.05) is 24.3 Å². The third-order valence-electron chi connectivity index (χ3n) is 4.27. The van der Waals surface area contributed by atoms with Crippen molar-refractivity contribution in [2.75, 3.05) is 7.11 Å². The largest absolute Gasteiger partial charge is 0.573 e. The number of hydrogen-bond donors (Lipinski definition) is 0. The quantitative estimate of drug-likeness (QED) is 0.757. The van der Waals surface area contributed by atoms with Gasteiger partial charge in [0.15, 0.2) is 5.78 Å². The van der Waals surface area contributed by atoms with Crippen LogP contribution in [0, 0.1) is 0 Å². The Labute approximate surface area is 149 Å². The predicted molar refractivity (Wildman–Crippen MR) is 91.1 cm³/mol. The first-order valence-corrected chi connectivity index (χ1v) is 8.07. The zero-order valence-electron chi connectivity index (χ0n) is 14.0. The normalized spacial score (nSPS) is 17.6.